The summed E-state index contributed by atoms with van der Waals surface area (Å²) in [4.78, 5) is 6.24. The Kier molecular flexibility index (Phi) is 3.48. The molecule has 0 bridgehead atoms. The van der Waals surface area contributed by atoms with E-state index in [4.69, 9.17) is 11.6 Å². The molecule has 1 aromatic heterocycles. The molecule has 0 aliphatic carbocycles. The van der Waals surface area contributed by atoms with Gasteiger partial charge >= 0.3 is 0 Å². The highest BCUT2D eigenvalue weighted by molar-refractivity contribution is 6.30. The van der Waals surface area contributed by atoms with Crippen LogP contribution >= 0.6 is 11.6 Å². The topological polar surface area (TPSA) is 34.0 Å². The molecule has 20 heavy (non-hydrogen) atoms. The van der Waals surface area contributed by atoms with Crippen LogP contribution in [0.4, 0.5) is 4.39 Å². The third-order valence-corrected chi connectivity index (χ3v) is 4.05. The number of hydrogen-bond donors (Lipinski definition) is 0. The molecule has 1 aliphatic rings. The van der Waals surface area contributed by atoms with Crippen LogP contribution in [0.15, 0.2) is 30.6 Å². The number of hydrogen-bond acceptors (Lipinski definition) is 3. The Balaban J connectivity index is 1.74. The Morgan fingerprint density at radius 3 is 3.00 bits per heavy atom. The van der Waals surface area contributed by atoms with Gasteiger partial charge in [-0.1, -0.05) is 23.7 Å². The first kappa shape index (κ1) is 13.5. The first-order chi connectivity index (χ1) is 9.57. The first-order valence-electron chi connectivity index (χ1n) is 6.57. The Bertz CT molecular complexity index is 615. The third kappa shape index (κ3) is 2.55. The predicted octanol–water partition coefficient (Wildman–Crippen LogP) is 2.54. The number of benzene rings is 1. The minimum Gasteiger partial charge on any atom is -0.292 e. The zero-order valence-electron chi connectivity index (χ0n) is 11.3. The van der Waals surface area contributed by atoms with Crippen molar-refractivity contribution in [1.82, 2.24) is 19.7 Å². The van der Waals surface area contributed by atoms with Gasteiger partial charge in [-0.3, -0.25) is 9.58 Å². The van der Waals surface area contributed by atoms with E-state index in [1.165, 1.54) is 6.33 Å². The second-order valence-corrected chi connectivity index (χ2v) is 5.67. The highest BCUT2D eigenvalue weighted by atomic mass is 35.5. The lowest BCUT2D eigenvalue weighted by molar-refractivity contribution is 0.163. The maximum Gasteiger partial charge on any atom is 0.149 e. The van der Waals surface area contributed by atoms with Gasteiger partial charge < -0.3 is 0 Å². The SMILES string of the molecule is Cn1ncnc1CN1CC[C@](F)(c2cccc(Cl)c2)C1. The smallest absolute Gasteiger partial charge is 0.149 e. The quantitative estimate of drug-likeness (QED) is 0.872. The Morgan fingerprint density at radius 2 is 2.30 bits per heavy atom. The predicted molar refractivity (Wildman–Crippen MR) is 75.1 cm³/mol. The average Bonchev–Trinajstić information content (AvgIpc) is 2.99. The normalized spacial score (nSPS) is 23.4. The first-order valence-corrected chi connectivity index (χ1v) is 6.95. The minimum absolute atomic E-state index is 0.361. The van der Waals surface area contributed by atoms with E-state index in [2.05, 4.69) is 15.0 Å². The van der Waals surface area contributed by atoms with Gasteiger partial charge in [0.15, 0.2) is 0 Å². The molecule has 1 saturated heterocycles. The monoisotopic (exact) mass is 294 g/mol. The van der Waals surface area contributed by atoms with Gasteiger partial charge in [0.25, 0.3) is 0 Å². The van der Waals surface area contributed by atoms with Gasteiger partial charge in [-0.15, -0.1) is 0 Å². The maximum absolute atomic E-state index is 15.1. The molecule has 106 valence electrons. The van der Waals surface area contributed by atoms with E-state index in [-0.39, 0.29) is 0 Å². The largest absolute Gasteiger partial charge is 0.292 e. The van der Waals surface area contributed by atoms with Crippen LogP contribution in [0.25, 0.3) is 0 Å². The van der Waals surface area contributed by atoms with Crippen molar-refractivity contribution >= 4 is 11.6 Å². The number of halogens is 2. The van der Waals surface area contributed by atoms with E-state index >= 15 is 4.39 Å². The molecule has 1 aliphatic heterocycles. The molecule has 1 atom stereocenters. The summed E-state index contributed by atoms with van der Waals surface area (Å²) in [6.07, 6.45) is 2.00. The third-order valence-electron chi connectivity index (χ3n) is 3.81. The number of alkyl halides is 1. The van der Waals surface area contributed by atoms with Crippen LogP contribution in [0.1, 0.15) is 17.8 Å². The van der Waals surface area contributed by atoms with Crippen molar-refractivity contribution in [1.29, 1.82) is 0 Å². The summed E-state index contributed by atoms with van der Waals surface area (Å²) in [6, 6.07) is 7.08. The van der Waals surface area contributed by atoms with Crippen molar-refractivity contribution in [2.45, 2.75) is 18.6 Å². The number of aryl methyl sites for hydroxylation is 1. The second kappa shape index (κ2) is 5.14. The number of nitrogens with zero attached hydrogens (tertiary/aromatic N) is 4. The maximum atomic E-state index is 15.1. The summed E-state index contributed by atoms with van der Waals surface area (Å²) in [5, 5.41) is 4.61. The van der Waals surface area contributed by atoms with E-state index in [0.717, 1.165) is 5.82 Å². The van der Waals surface area contributed by atoms with E-state index < -0.39 is 5.67 Å². The van der Waals surface area contributed by atoms with Crippen LogP contribution in [-0.4, -0.2) is 32.8 Å². The fourth-order valence-electron chi connectivity index (χ4n) is 2.65. The van der Waals surface area contributed by atoms with Crippen LogP contribution in [0.5, 0.6) is 0 Å². The fourth-order valence-corrected chi connectivity index (χ4v) is 2.84. The molecule has 4 nitrogen and oxygen atoms in total. The molecular formula is C14H16ClFN4. The lowest BCUT2D eigenvalue weighted by Crippen LogP contribution is -2.27. The van der Waals surface area contributed by atoms with Crippen LogP contribution in [0, 0.1) is 0 Å². The summed E-state index contributed by atoms with van der Waals surface area (Å²) >= 11 is 5.96. The average molecular weight is 295 g/mol. The molecular weight excluding hydrogens is 279 g/mol. The summed E-state index contributed by atoms with van der Waals surface area (Å²) < 4.78 is 16.8. The van der Waals surface area contributed by atoms with Gasteiger partial charge in [-0.05, 0) is 24.1 Å². The van der Waals surface area contributed by atoms with E-state index in [1.54, 1.807) is 28.9 Å². The molecule has 0 amide bonds. The van der Waals surface area contributed by atoms with Gasteiger partial charge in [-0.25, -0.2) is 9.37 Å². The molecule has 0 unspecified atom stereocenters. The van der Waals surface area contributed by atoms with Crippen LogP contribution in [0.2, 0.25) is 5.02 Å². The molecule has 0 N–H and O–H groups in total. The number of likely N-dealkylation sites (tertiary alicyclic amines) is 1. The highest BCUT2D eigenvalue weighted by Gasteiger charge is 2.40. The van der Waals surface area contributed by atoms with Crippen LogP contribution in [0.3, 0.4) is 0 Å². The zero-order valence-corrected chi connectivity index (χ0v) is 12.0. The standard InChI is InChI=1S/C14H16ClFN4/c1-19-13(17-10-18-19)8-20-6-5-14(16,9-20)11-3-2-4-12(15)7-11/h2-4,7,10H,5-6,8-9H2,1H3/t14-/m1/s1. The van der Waals surface area contributed by atoms with Crippen LogP contribution < -0.4 is 0 Å². The van der Waals surface area contributed by atoms with E-state index in [9.17, 15) is 0 Å². The van der Waals surface area contributed by atoms with Crippen molar-refractivity contribution in [3.63, 3.8) is 0 Å². The van der Waals surface area contributed by atoms with Gasteiger partial charge in [0.05, 0.1) is 6.54 Å². The van der Waals surface area contributed by atoms with Crippen molar-refractivity contribution in [2.24, 2.45) is 7.05 Å². The summed E-state index contributed by atoms with van der Waals surface area (Å²) in [5.74, 6) is 0.848. The summed E-state index contributed by atoms with van der Waals surface area (Å²) in [7, 11) is 1.85. The van der Waals surface area contributed by atoms with Gasteiger partial charge in [0.1, 0.15) is 17.8 Å². The molecule has 3 rings (SSSR count). The lowest BCUT2D eigenvalue weighted by atomic mass is 9.95. The van der Waals surface area contributed by atoms with Gasteiger partial charge in [0.2, 0.25) is 0 Å². The summed E-state index contributed by atoms with van der Waals surface area (Å²) in [5.41, 5.74) is -0.672. The molecule has 0 saturated carbocycles. The zero-order chi connectivity index (χ0) is 14.2. The van der Waals surface area contributed by atoms with E-state index in [0.29, 0.717) is 36.6 Å². The molecule has 1 aromatic carbocycles. The fraction of sp³-hybridized carbons (Fsp3) is 0.429. The van der Waals surface area contributed by atoms with Crippen molar-refractivity contribution in [2.75, 3.05) is 13.1 Å². The Labute approximate surface area is 122 Å². The van der Waals surface area contributed by atoms with E-state index in [1.807, 2.05) is 7.05 Å². The van der Waals surface area contributed by atoms with Gasteiger partial charge in [-0.2, -0.15) is 5.10 Å². The van der Waals surface area contributed by atoms with Crippen molar-refractivity contribution in [3.8, 4) is 0 Å². The highest BCUT2D eigenvalue weighted by Crippen LogP contribution is 2.37. The minimum atomic E-state index is -1.33. The molecule has 0 radical (unpaired) electrons. The molecule has 2 aromatic rings. The van der Waals surface area contributed by atoms with Crippen molar-refractivity contribution < 1.29 is 4.39 Å². The second-order valence-electron chi connectivity index (χ2n) is 5.24. The summed E-state index contributed by atoms with van der Waals surface area (Å²) in [6.45, 7) is 1.68. The van der Waals surface area contributed by atoms with Crippen molar-refractivity contribution in [3.05, 3.63) is 47.0 Å². The Hall–Kier alpha value is -1.46. The number of rotatable bonds is 3. The molecule has 1 fully saturated rings. The number of aromatic nitrogens is 3. The molecule has 6 heteroatoms. The molecule has 0 spiro atoms. The van der Waals surface area contributed by atoms with Gasteiger partial charge in [0, 0.05) is 25.2 Å². The molecule has 2 heterocycles. The Morgan fingerprint density at radius 1 is 1.45 bits per heavy atom. The lowest BCUT2D eigenvalue weighted by Gasteiger charge is -2.21. The van der Waals surface area contributed by atoms with Crippen LogP contribution in [-0.2, 0) is 19.3 Å².